The van der Waals surface area contributed by atoms with Crippen LogP contribution in [0.15, 0.2) is 18.9 Å². The van der Waals surface area contributed by atoms with Crippen molar-refractivity contribution in [2.24, 2.45) is 0 Å². The highest BCUT2D eigenvalue weighted by molar-refractivity contribution is 5.47. The molecule has 2 rings (SSSR count). The Hall–Kier alpha value is -1.52. The lowest BCUT2D eigenvalue weighted by Gasteiger charge is -1.93. The molecule has 2 aliphatic heterocycles. The lowest BCUT2D eigenvalue weighted by atomic mass is 10.4. The van der Waals surface area contributed by atoms with Crippen molar-refractivity contribution in [2.75, 3.05) is 0 Å². The summed E-state index contributed by atoms with van der Waals surface area (Å²) in [5, 5.41) is 0. The molecule has 0 saturated heterocycles. The van der Waals surface area contributed by atoms with Gasteiger partial charge >= 0.3 is 0 Å². The fourth-order valence-corrected chi connectivity index (χ4v) is 0.720. The summed E-state index contributed by atoms with van der Waals surface area (Å²) in [7, 11) is 0. The van der Waals surface area contributed by atoms with E-state index in [9.17, 15) is 4.48 Å². The summed E-state index contributed by atoms with van der Waals surface area (Å²) in [4.78, 5) is 11.5. The molecule has 50 valence electrons. The Bertz CT molecular complexity index is 318. The van der Waals surface area contributed by atoms with Gasteiger partial charge in [0.25, 0.3) is 0 Å². The lowest BCUT2D eigenvalue weighted by molar-refractivity contribution is 0.360. The van der Waals surface area contributed by atoms with Gasteiger partial charge in [-0.2, -0.15) is 4.79 Å². The largest absolute Gasteiger partial charge is 0.231 e. The first-order valence-electron chi connectivity index (χ1n) is 2.67. The Morgan fingerprint density at radius 1 is 1.30 bits per heavy atom. The van der Waals surface area contributed by atoms with Gasteiger partial charge in [-0.1, -0.05) is 4.48 Å². The fourth-order valence-electron chi connectivity index (χ4n) is 0.720. The van der Waals surface area contributed by atoms with Gasteiger partial charge in [-0.05, 0) is 0 Å². The molecular weight excluding hydrogens is 134 g/mol. The number of nitrogens with zero attached hydrogens (tertiary/aromatic N) is 4. The standard InChI is InChI=1S/C5H3FN4/c6-10-1-4-5(9-3-10)8-2-7-4/h1-3H/i6-1. The third-order valence-corrected chi connectivity index (χ3v) is 1.14. The smallest absolute Gasteiger partial charge is 0.182 e. The fraction of sp³-hybridized carbons (Fsp3) is 0. The molecule has 10 heavy (non-hydrogen) atoms. The normalized spacial score (nSPS) is 10.5. The molecule has 0 aromatic rings. The van der Waals surface area contributed by atoms with Gasteiger partial charge in [-0.3, -0.25) is 0 Å². The minimum absolute atomic E-state index is 0.344. The van der Waals surface area contributed by atoms with Crippen molar-refractivity contribution < 1.29 is 4.48 Å². The summed E-state index contributed by atoms with van der Waals surface area (Å²) in [6.45, 7) is 0. The zero-order chi connectivity index (χ0) is 6.97. The van der Waals surface area contributed by atoms with Gasteiger partial charge in [-0.25, -0.2) is 15.0 Å². The predicted molar refractivity (Wildman–Crippen MR) is 30.9 cm³/mol. The Labute approximate surface area is 55.6 Å². The third-order valence-electron chi connectivity index (χ3n) is 1.14. The van der Waals surface area contributed by atoms with E-state index in [1.54, 1.807) is 0 Å². The van der Waals surface area contributed by atoms with Crippen LogP contribution in [0.1, 0.15) is 0 Å². The van der Waals surface area contributed by atoms with Gasteiger partial charge in [-0.15, -0.1) is 0 Å². The molecule has 2 heterocycles. The van der Waals surface area contributed by atoms with E-state index in [4.69, 9.17) is 0 Å². The zero-order valence-corrected chi connectivity index (χ0v) is 4.90. The van der Waals surface area contributed by atoms with E-state index in [1.807, 2.05) is 0 Å². The Morgan fingerprint density at radius 2 is 2.20 bits per heavy atom. The molecule has 0 aromatic heterocycles. The number of aromatic nitrogens is 4. The van der Waals surface area contributed by atoms with E-state index in [0.717, 1.165) is 6.33 Å². The van der Waals surface area contributed by atoms with Gasteiger partial charge in [0.2, 0.25) is 0 Å². The van der Waals surface area contributed by atoms with Crippen molar-refractivity contribution >= 4 is 0 Å². The van der Waals surface area contributed by atoms with E-state index < -0.39 is 0 Å². The van der Waals surface area contributed by atoms with Gasteiger partial charge in [0.15, 0.2) is 5.82 Å². The van der Waals surface area contributed by atoms with E-state index >= 15 is 0 Å². The molecule has 0 amide bonds. The predicted octanol–water partition coefficient (Wildman–Crippen LogP) is 0.510. The Balaban J connectivity index is 2.75. The molecule has 0 aliphatic carbocycles. The average Bonchev–Trinajstić information content (AvgIpc) is 2.33. The topological polar surface area (TPSA) is 43.6 Å². The first-order chi connectivity index (χ1) is 4.86. The maximum absolute atomic E-state index is 12.3. The molecule has 5 heteroatoms. The van der Waals surface area contributed by atoms with Crippen LogP contribution in [0.5, 0.6) is 0 Å². The molecule has 0 spiro atoms. The summed E-state index contributed by atoms with van der Waals surface area (Å²) in [5.74, 6) is 0.467. The van der Waals surface area contributed by atoms with Gasteiger partial charge in [0, 0.05) is 0 Å². The van der Waals surface area contributed by atoms with Crippen LogP contribution in [0.4, 0.5) is 4.48 Å². The quantitative estimate of drug-likeness (QED) is 0.531. The molecule has 0 atom stereocenters. The second-order valence-electron chi connectivity index (χ2n) is 1.80. The Kier molecular flexibility index (Phi) is 0.913. The van der Waals surface area contributed by atoms with Gasteiger partial charge in [0.05, 0.1) is 6.20 Å². The molecule has 2 aliphatic rings. The van der Waals surface area contributed by atoms with Crippen molar-refractivity contribution in [3.8, 4) is 11.5 Å². The monoisotopic (exact) mass is 137 g/mol. The maximum Gasteiger partial charge on any atom is 0.182 e. The molecule has 0 unspecified atom stereocenters. The SMILES string of the molecule is [18F]n1cnc2ncnc-2c1. The number of imidazole rings is 1. The number of hydrogen-bond donors (Lipinski definition) is 0. The average molecular weight is 137 g/mol. The molecule has 4 nitrogen and oxygen atoms in total. The third kappa shape index (κ3) is 0.637. The summed E-state index contributed by atoms with van der Waals surface area (Å²) in [6, 6.07) is 0. The summed E-state index contributed by atoms with van der Waals surface area (Å²) >= 11 is 0. The number of hydrogen-bond acceptors (Lipinski definition) is 3. The van der Waals surface area contributed by atoms with Gasteiger partial charge < -0.3 is 0 Å². The second kappa shape index (κ2) is 1.73. The van der Waals surface area contributed by atoms with E-state index in [2.05, 4.69) is 15.0 Å². The highest BCUT2D eigenvalue weighted by Gasteiger charge is 2.05. The number of fused-ring (bicyclic) bond motifs is 1. The van der Waals surface area contributed by atoms with Crippen LogP contribution in [-0.4, -0.2) is 19.7 Å². The van der Waals surface area contributed by atoms with E-state index in [1.165, 1.54) is 12.5 Å². The van der Waals surface area contributed by atoms with Crippen LogP contribution in [0.2, 0.25) is 0 Å². The van der Waals surface area contributed by atoms with E-state index in [0.29, 0.717) is 16.3 Å². The minimum atomic E-state index is 0.344. The minimum Gasteiger partial charge on any atom is -0.231 e. The highest BCUT2D eigenvalue weighted by atomic mass is 18.2. The van der Waals surface area contributed by atoms with Crippen molar-refractivity contribution in [3.63, 3.8) is 0 Å². The van der Waals surface area contributed by atoms with Crippen molar-refractivity contribution in [2.45, 2.75) is 0 Å². The molecule has 0 saturated carbocycles. The highest BCUT2D eigenvalue weighted by Crippen LogP contribution is 2.10. The zero-order valence-electron chi connectivity index (χ0n) is 4.90. The van der Waals surface area contributed by atoms with Crippen LogP contribution in [0.25, 0.3) is 11.5 Å². The summed E-state index contributed by atoms with van der Waals surface area (Å²) < 4.78 is 12.3. The molecule has 0 bridgehead atoms. The van der Waals surface area contributed by atoms with Crippen molar-refractivity contribution in [3.05, 3.63) is 18.9 Å². The first-order valence-corrected chi connectivity index (χ1v) is 2.67. The number of rotatable bonds is 0. The molecule has 0 N–H and O–H groups in total. The summed E-state index contributed by atoms with van der Waals surface area (Å²) in [6.07, 6.45) is 3.60. The van der Waals surface area contributed by atoms with Crippen molar-refractivity contribution in [1.29, 1.82) is 0 Å². The summed E-state index contributed by atoms with van der Waals surface area (Å²) in [5.41, 5.74) is 0.463. The van der Waals surface area contributed by atoms with Crippen LogP contribution in [-0.2, 0) is 0 Å². The number of halogens is 1. The van der Waals surface area contributed by atoms with Crippen LogP contribution >= 0.6 is 0 Å². The van der Waals surface area contributed by atoms with E-state index in [-0.39, 0.29) is 0 Å². The van der Waals surface area contributed by atoms with Crippen LogP contribution in [0.3, 0.4) is 0 Å². The second-order valence-corrected chi connectivity index (χ2v) is 1.80. The van der Waals surface area contributed by atoms with Gasteiger partial charge in [0.1, 0.15) is 18.3 Å². The first kappa shape index (κ1) is 5.28. The molecular formula is C5H3FN4. The Morgan fingerprint density at radius 3 is 3.10 bits per heavy atom. The van der Waals surface area contributed by atoms with Crippen LogP contribution < -0.4 is 0 Å². The molecule has 0 fully saturated rings. The molecule has 0 radical (unpaired) electrons. The lowest BCUT2D eigenvalue weighted by Crippen LogP contribution is -1.91. The van der Waals surface area contributed by atoms with Crippen LogP contribution in [0, 0.1) is 0 Å². The van der Waals surface area contributed by atoms with Crippen molar-refractivity contribution in [1.82, 2.24) is 19.7 Å². The maximum atomic E-state index is 12.3. The molecule has 0 aromatic carbocycles.